The number of H-pyrrole nitrogens is 2. The number of esters is 1. The lowest BCUT2D eigenvalue weighted by atomic mass is 9.87. The van der Waals surface area contributed by atoms with Gasteiger partial charge >= 0.3 is 5.97 Å². The van der Waals surface area contributed by atoms with Crippen LogP contribution in [0, 0.1) is 0 Å². The van der Waals surface area contributed by atoms with Gasteiger partial charge in [0.25, 0.3) is 5.56 Å². The fraction of sp³-hybridized carbons (Fsp3) is 0.360. The molecule has 2 N–H and O–H groups in total. The van der Waals surface area contributed by atoms with E-state index >= 15 is 0 Å². The highest BCUT2D eigenvalue weighted by Gasteiger charge is 2.28. The lowest BCUT2D eigenvalue weighted by Gasteiger charge is -2.32. The number of carbonyl (C=O) groups excluding carboxylic acids is 1. The van der Waals surface area contributed by atoms with Crippen molar-refractivity contribution in [2.75, 3.05) is 7.11 Å². The molecule has 2 heterocycles. The topological polar surface area (TPSA) is 84.2 Å². The minimum atomic E-state index is -0.389. The highest BCUT2D eigenvalue weighted by molar-refractivity contribution is 5.71. The van der Waals surface area contributed by atoms with Gasteiger partial charge in [0.2, 0.25) is 0 Å². The third-order valence-electron chi connectivity index (χ3n) is 5.93. The molecule has 3 aromatic rings. The highest BCUT2D eigenvalue weighted by atomic mass is 16.5. The number of rotatable bonds is 6. The minimum absolute atomic E-state index is 0.0988. The van der Waals surface area contributed by atoms with Crippen molar-refractivity contribution in [2.24, 2.45) is 0 Å². The van der Waals surface area contributed by atoms with Crippen molar-refractivity contribution in [3.8, 4) is 5.75 Å². The Kier molecular flexibility index (Phi) is 5.72. The molecule has 31 heavy (non-hydrogen) atoms. The van der Waals surface area contributed by atoms with Crippen LogP contribution in [0.15, 0.2) is 53.3 Å². The molecule has 0 radical (unpaired) electrons. The first-order valence-electron chi connectivity index (χ1n) is 10.6. The summed E-state index contributed by atoms with van der Waals surface area (Å²) in [5, 5.41) is 5.75. The van der Waals surface area contributed by atoms with E-state index in [1.165, 1.54) is 12.7 Å². The third-order valence-corrected chi connectivity index (χ3v) is 5.93. The number of ether oxygens (including phenoxy) is 2. The fourth-order valence-corrected chi connectivity index (χ4v) is 4.26. The van der Waals surface area contributed by atoms with E-state index < -0.39 is 0 Å². The summed E-state index contributed by atoms with van der Waals surface area (Å²) in [6, 6.07) is 15.8. The summed E-state index contributed by atoms with van der Waals surface area (Å²) >= 11 is 0. The molecule has 6 heteroatoms. The van der Waals surface area contributed by atoms with Crippen LogP contribution in [-0.4, -0.2) is 28.9 Å². The third kappa shape index (κ3) is 4.58. The van der Waals surface area contributed by atoms with E-state index in [0.717, 1.165) is 35.4 Å². The molecule has 0 unspecified atom stereocenters. The van der Waals surface area contributed by atoms with Crippen molar-refractivity contribution >= 4 is 5.97 Å². The zero-order valence-corrected chi connectivity index (χ0v) is 18.2. The van der Waals surface area contributed by atoms with Crippen LogP contribution in [0.1, 0.15) is 60.6 Å². The Labute approximate surface area is 181 Å². The maximum atomic E-state index is 12.8. The van der Waals surface area contributed by atoms with Crippen LogP contribution in [0.4, 0.5) is 0 Å². The van der Waals surface area contributed by atoms with Crippen LogP contribution in [0.2, 0.25) is 0 Å². The molecule has 2 aromatic carbocycles. The SMILES string of the molecule is COC(=O)C[C@H](c1ccccc1)c1c(Cc2ccc3c(c2)CCC(C)(C)O3)[nH][nH]c1=O. The van der Waals surface area contributed by atoms with Crippen LogP contribution < -0.4 is 10.3 Å². The summed E-state index contributed by atoms with van der Waals surface area (Å²) in [5.74, 6) is 0.185. The number of benzene rings is 2. The molecule has 1 aromatic heterocycles. The normalized spacial score (nSPS) is 15.6. The molecule has 0 amide bonds. The van der Waals surface area contributed by atoms with Gasteiger partial charge in [0.1, 0.15) is 11.4 Å². The van der Waals surface area contributed by atoms with Gasteiger partial charge in [0.15, 0.2) is 0 Å². The number of hydrogen-bond donors (Lipinski definition) is 2. The van der Waals surface area contributed by atoms with Crippen LogP contribution in [0.25, 0.3) is 0 Å². The Morgan fingerprint density at radius 3 is 2.68 bits per heavy atom. The Morgan fingerprint density at radius 2 is 1.94 bits per heavy atom. The molecule has 0 saturated heterocycles. The summed E-state index contributed by atoms with van der Waals surface area (Å²) in [4.78, 5) is 24.9. The zero-order chi connectivity index (χ0) is 22.0. The van der Waals surface area contributed by atoms with Crippen molar-refractivity contribution < 1.29 is 14.3 Å². The first kappa shape index (κ1) is 21.0. The molecule has 162 valence electrons. The summed E-state index contributed by atoms with van der Waals surface area (Å²) in [5.41, 5.74) is 4.17. The van der Waals surface area contributed by atoms with E-state index in [1.54, 1.807) is 0 Å². The van der Waals surface area contributed by atoms with Gasteiger partial charge in [-0.2, -0.15) is 0 Å². The van der Waals surface area contributed by atoms with E-state index in [4.69, 9.17) is 9.47 Å². The molecule has 1 atom stereocenters. The molecule has 4 rings (SSSR count). The monoisotopic (exact) mass is 420 g/mol. The Bertz CT molecular complexity index is 1130. The van der Waals surface area contributed by atoms with Gasteiger partial charge in [-0.05, 0) is 49.4 Å². The second-order valence-electron chi connectivity index (χ2n) is 8.70. The standard InChI is InChI=1S/C25H28N2O4/c1-25(2)12-11-18-13-16(9-10-21(18)31-25)14-20-23(24(29)27-26-20)19(15-22(28)30-3)17-7-5-4-6-8-17/h4-10,13,19H,11-12,14-15H2,1-3H3,(H2,26,27,29)/t19-/m1/s1. The van der Waals surface area contributed by atoms with Gasteiger partial charge in [0, 0.05) is 23.6 Å². The van der Waals surface area contributed by atoms with Crippen molar-refractivity contribution in [3.63, 3.8) is 0 Å². The molecule has 0 bridgehead atoms. The molecule has 1 aliphatic rings. The number of aryl methyl sites for hydroxylation is 1. The Hall–Kier alpha value is -3.28. The van der Waals surface area contributed by atoms with Crippen molar-refractivity contribution in [3.05, 3.63) is 86.8 Å². The first-order valence-corrected chi connectivity index (χ1v) is 10.6. The second kappa shape index (κ2) is 8.46. The van der Waals surface area contributed by atoms with Gasteiger partial charge < -0.3 is 14.6 Å². The molecule has 6 nitrogen and oxygen atoms in total. The molecule has 0 saturated carbocycles. The van der Waals surface area contributed by atoms with Crippen LogP contribution in [0.3, 0.4) is 0 Å². The molecular formula is C25H28N2O4. The predicted molar refractivity (Wildman–Crippen MR) is 119 cm³/mol. The number of methoxy groups -OCH3 is 1. The number of nitrogens with one attached hydrogen (secondary N) is 2. The highest BCUT2D eigenvalue weighted by Crippen LogP contribution is 2.34. The Morgan fingerprint density at radius 1 is 1.16 bits per heavy atom. The molecule has 0 spiro atoms. The van der Waals surface area contributed by atoms with Crippen molar-refractivity contribution in [2.45, 2.75) is 51.0 Å². The quantitative estimate of drug-likeness (QED) is 0.588. The molecule has 0 aliphatic carbocycles. The molecule has 1 aliphatic heterocycles. The smallest absolute Gasteiger partial charge is 0.306 e. The Balaban J connectivity index is 1.67. The van der Waals surface area contributed by atoms with E-state index in [9.17, 15) is 9.59 Å². The average molecular weight is 421 g/mol. The molecular weight excluding hydrogens is 392 g/mol. The van der Waals surface area contributed by atoms with E-state index in [1.807, 2.05) is 42.5 Å². The van der Waals surface area contributed by atoms with Crippen LogP contribution in [0.5, 0.6) is 5.75 Å². The summed E-state index contributed by atoms with van der Waals surface area (Å²) in [6.45, 7) is 4.21. The predicted octanol–water partition coefficient (Wildman–Crippen LogP) is 4.09. The lowest BCUT2D eigenvalue weighted by Crippen LogP contribution is -2.32. The van der Waals surface area contributed by atoms with Gasteiger partial charge in [-0.25, -0.2) is 0 Å². The number of carbonyl (C=O) groups is 1. The van der Waals surface area contributed by atoms with Gasteiger partial charge in [0.05, 0.1) is 13.5 Å². The second-order valence-corrected chi connectivity index (χ2v) is 8.70. The van der Waals surface area contributed by atoms with Crippen molar-refractivity contribution in [1.29, 1.82) is 0 Å². The van der Waals surface area contributed by atoms with Crippen LogP contribution in [-0.2, 0) is 22.4 Å². The maximum Gasteiger partial charge on any atom is 0.306 e. The fourth-order valence-electron chi connectivity index (χ4n) is 4.26. The van der Waals surface area contributed by atoms with Gasteiger partial charge in [-0.3, -0.25) is 14.7 Å². The summed E-state index contributed by atoms with van der Waals surface area (Å²) < 4.78 is 11.0. The summed E-state index contributed by atoms with van der Waals surface area (Å²) in [7, 11) is 1.36. The van der Waals surface area contributed by atoms with Crippen LogP contribution >= 0.6 is 0 Å². The van der Waals surface area contributed by atoms with Gasteiger partial charge in [-0.15, -0.1) is 0 Å². The van der Waals surface area contributed by atoms with E-state index in [2.05, 4.69) is 30.1 Å². The summed E-state index contributed by atoms with van der Waals surface area (Å²) in [6.07, 6.45) is 2.57. The van der Waals surface area contributed by atoms with E-state index in [0.29, 0.717) is 12.0 Å². The average Bonchev–Trinajstić information content (AvgIpc) is 3.11. The van der Waals surface area contributed by atoms with Crippen molar-refractivity contribution in [1.82, 2.24) is 10.2 Å². The van der Waals surface area contributed by atoms with Gasteiger partial charge in [-0.1, -0.05) is 42.5 Å². The maximum absolute atomic E-state index is 12.8. The number of hydrogen-bond acceptors (Lipinski definition) is 4. The number of fused-ring (bicyclic) bond motifs is 1. The molecule has 0 fully saturated rings. The number of aromatic nitrogens is 2. The van der Waals surface area contributed by atoms with E-state index in [-0.39, 0.29) is 29.5 Å². The largest absolute Gasteiger partial charge is 0.488 e. The first-order chi connectivity index (χ1) is 14.9. The minimum Gasteiger partial charge on any atom is -0.488 e. The zero-order valence-electron chi connectivity index (χ0n) is 18.2. The lowest BCUT2D eigenvalue weighted by molar-refractivity contribution is -0.140. The number of aromatic amines is 2.